The molecule has 1 fully saturated rings. The topological polar surface area (TPSA) is 29.3 Å². The maximum Gasteiger partial charge on any atom is 0.124 e. The van der Waals surface area contributed by atoms with E-state index in [1.165, 1.54) is 18.9 Å². The van der Waals surface area contributed by atoms with Crippen LogP contribution in [0.1, 0.15) is 37.8 Å². The van der Waals surface area contributed by atoms with E-state index in [1.807, 2.05) is 6.07 Å². The molecule has 2 rings (SSSR count). The predicted molar refractivity (Wildman–Crippen MR) is 76.1 cm³/mol. The van der Waals surface area contributed by atoms with Gasteiger partial charge in [0.1, 0.15) is 5.82 Å². The predicted octanol–water partition coefficient (Wildman–Crippen LogP) is 2.51. The van der Waals surface area contributed by atoms with E-state index in [2.05, 4.69) is 30.6 Å². The highest BCUT2D eigenvalue weighted by molar-refractivity contribution is 5.38. The van der Waals surface area contributed by atoms with Crippen molar-refractivity contribution in [2.45, 2.75) is 38.8 Å². The van der Waals surface area contributed by atoms with Crippen LogP contribution in [0.5, 0.6) is 0 Å². The van der Waals surface area contributed by atoms with E-state index in [0.29, 0.717) is 12.1 Å². The lowest BCUT2D eigenvalue weighted by molar-refractivity contribution is 0.166. The molecule has 0 aliphatic carbocycles. The Morgan fingerprint density at radius 2 is 2.16 bits per heavy atom. The van der Waals surface area contributed by atoms with Gasteiger partial charge in [-0.1, -0.05) is 11.8 Å². The van der Waals surface area contributed by atoms with Gasteiger partial charge in [-0.2, -0.15) is 0 Å². The van der Waals surface area contributed by atoms with Crippen molar-refractivity contribution in [3.05, 3.63) is 35.1 Å². The number of nitrogens with two attached hydrogens (primary N) is 1. The van der Waals surface area contributed by atoms with Crippen molar-refractivity contribution < 1.29 is 4.39 Å². The van der Waals surface area contributed by atoms with Crippen LogP contribution >= 0.6 is 0 Å². The molecular formula is C16H21FN2. The van der Waals surface area contributed by atoms with E-state index < -0.39 is 0 Å². The Morgan fingerprint density at radius 1 is 1.37 bits per heavy atom. The second kappa shape index (κ2) is 5.73. The summed E-state index contributed by atoms with van der Waals surface area (Å²) in [5.41, 5.74) is 7.24. The van der Waals surface area contributed by atoms with Crippen molar-refractivity contribution in [2.24, 2.45) is 5.73 Å². The summed E-state index contributed by atoms with van der Waals surface area (Å²) in [6.07, 6.45) is 2.41. The highest BCUT2D eigenvalue weighted by atomic mass is 19.1. The number of hydrogen-bond acceptors (Lipinski definition) is 2. The zero-order valence-electron chi connectivity index (χ0n) is 11.7. The summed E-state index contributed by atoms with van der Waals surface area (Å²) in [6.45, 7) is 6.64. The van der Waals surface area contributed by atoms with Gasteiger partial charge in [-0.05, 0) is 57.0 Å². The summed E-state index contributed by atoms with van der Waals surface area (Å²) in [4.78, 5) is 2.40. The van der Waals surface area contributed by atoms with Crippen molar-refractivity contribution in [3.8, 4) is 11.8 Å². The van der Waals surface area contributed by atoms with Gasteiger partial charge in [0.2, 0.25) is 0 Å². The van der Waals surface area contributed by atoms with Gasteiger partial charge in [-0.25, -0.2) is 4.39 Å². The number of likely N-dealkylation sites (tertiary alicyclic amines) is 1. The summed E-state index contributed by atoms with van der Waals surface area (Å²) >= 11 is 0. The summed E-state index contributed by atoms with van der Waals surface area (Å²) in [5, 5.41) is 0. The Bertz CT molecular complexity index is 511. The van der Waals surface area contributed by atoms with Crippen molar-refractivity contribution in [1.29, 1.82) is 0 Å². The molecule has 1 aliphatic rings. The maximum atomic E-state index is 13.6. The molecule has 1 saturated heterocycles. The molecule has 0 aromatic heterocycles. The molecule has 3 heteroatoms. The van der Waals surface area contributed by atoms with Crippen LogP contribution in [-0.2, 0) is 6.54 Å². The molecule has 1 heterocycles. The molecule has 2 nitrogen and oxygen atoms in total. The Balaban J connectivity index is 2.18. The van der Waals surface area contributed by atoms with E-state index in [4.69, 9.17) is 5.73 Å². The Kier molecular flexibility index (Phi) is 4.24. The first kappa shape index (κ1) is 14.0. The molecule has 0 saturated carbocycles. The number of benzene rings is 1. The van der Waals surface area contributed by atoms with E-state index in [0.717, 1.165) is 18.7 Å². The lowest BCUT2D eigenvalue weighted by atomic mass is 10.0. The van der Waals surface area contributed by atoms with Gasteiger partial charge in [0.15, 0.2) is 0 Å². The molecule has 0 unspecified atom stereocenters. The average Bonchev–Trinajstić information content (AvgIpc) is 2.65. The molecule has 0 bridgehead atoms. The van der Waals surface area contributed by atoms with E-state index in [-0.39, 0.29) is 11.4 Å². The van der Waals surface area contributed by atoms with Crippen molar-refractivity contribution in [3.63, 3.8) is 0 Å². The van der Waals surface area contributed by atoms with Crippen LogP contribution in [0.25, 0.3) is 0 Å². The summed E-state index contributed by atoms with van der Waals surface area (Å²) in [5.74, 6) is 5.44. The van der Waals surface area contributed by atoms with Gasteiger partial charge in [0, 0.05) is 17.6 Å². The number of nitrogens with zero attached hydrogens (tertiary/aromatic N) is 1. The first-order chi connectivity index (χ1) is 9.01. The molecule has 1 aliphatic heterocycles. The van der Waals surface area contributed by atoms with Gasteiger partial charge in [-0.3, -0.25) is 4.90 Å². The van der Waals surface area contributed by atoms with E-state index in [1.54, 1.807) is 6.07 Å². The normalized spacial score (nSPS) is 18.1. The van der Waals surface area contributed by atoms with Crippen LogP contribution in [0.2, 0.25) is 0 Å². The van der Waals surface area contributed by atoms with Crippen LogP contribution in [0.15, 0.2) is 18.2 Å². The fourth-order valence-corrected chi connectivity index (χ4v) is 2.64. The lowest BCUT2D eigenvalue weighted by Crippen LogP contribution is -2.37. The standard InChI is InChI=1S/C16H21FN2/c1-16(2)6-4-8-19(16)12-14-9-13(5-3-7-18)10-15(17)11-14/h9-11H,4,6-8,12,18H2,1-2H3. The Labute approximate surface area is 114 Å². The van der Waals surface area contributed by atoms with Crippen LogP contribution < -0.4 is 5.73 Å². The summed E-state index contributed by atoms with van der Waals surface area (Å²) < 4.78 is 13.6. The number of rotatable bonds is 2. The minimum atomic E-state index is -0.226. The molecule has 1 aromatic carbocycles. The van der Waals surface area contributed by atoms with Gasteiger partial charge in [0.25, 0.3) is 0 Å². The number of hydrogen-bond donors (Lipinski definition) is 1. The quantitative estimate of drug-likeness (QED) is 0.828. The SMILES string of the molecule is CC1(C)CCCN1Cc1cc(F)cc(C#CCN)c1. The van der Waals surface area contributed by atoms with Crippen LogP contribution in [0, 0.1) is 17.7 Å². The highest BCUT2D eigenvalue weighted by Gasteiger charge is 2.31. The third-order valence-electron chi connectivity index (χ3n) is 3.74. The second-order valence-corrected chi connectivity index (χ2v) is 5.69. The van der Waals surface area contributed by atoms with Gasteiger partial charge < -0.3 is 5.73 Å². The smallest absolute Gasteiger partial charge is 0.124 e. The van der Waals surface area contributed by atoms with Crippen molar-refractivity contribution in [1.82, 2.24) is 4.90 Å². The molecule has 2 N–H and O–H groups in total. The number of halogens is 1. The molecule has 0 radical (unpaired) electrons. The Morgan fingerprint density at radius 3 is 2.79 bits per heavy atom. The zero-order chi connectivity index (χ0) is 13.9. The fraction of sp³-hybridized carbons (Fsp3) is 0.500. The molecule has 1 aromatic rings. The van der Waals surface area contributed by atoms with E-state index in [9.17, 15) is 4.39 Å². The molecule has 102 valence electrons. The lowest BCUT2D eigenvalue weighted by Gasteiger charge is -2.31. The van der Waals surface area contributed by atoms with Crippen LogP contribution in [0.3, 0.4) is 0 Å². The van der Waals surface area contributed by atoms with Crippen molar-refractivity contribution in [2.75, 3.05) is 13.1 Å². The molecule has 0 atom stereocenters. The van der Waals surface area contributed by atoms with Gasteiger partial charge in [-0.15, -0.1) is 0 Å². The van der Waals surface area contributed by atoms with Crippen LogP contribution in [0.4, 0.5) is 4.39 Å². The summed E-state index contributed by atoms with van der Waals surface area (Å²) in [7, 11) is 0. The molecule has 0 spiro atoms. The van der Waals surface area contributed by atoms with Gasteiger partial charge in [0.05, 0.1) is 6.54 Å². The minimum Gasteiger partial charge on any atom is -0.320 e. The Hall–Kier alpha value is -1.37. The van der Waals surface area contributed by atoms with Gasteiger partial charge >= 0.3 is 0 Å². The largest absolute Gasteiger partial charge is 0.320 e. The average molecular weight is 260 g/mol. The first-order valence-corrected chi connectivity index (χ1v) is 6.75. The highest BCUT2D eigenvalue weighted by Crippen LogP contribution is 2.29. The zero-order valence-corrected chi connectivity index (χ0v) is 11.7. The molecule has 19 heavy (non-hydrogen) atoms. The monoisotopic (exact) mass is 260 g/mol. The summed E-state index contributed by atoms with van der Waals surface area (Å²) in [6, 6.07) is 5.02. The molecule has 0 amide bonds. The second-order valence-electron chi connectivity index (χ2n) is 5.69. The third kappa shape index (κ3) is 3.56. The first-order valence-electron chi connectivity index (χ1n) is 6.75. The fourth-order valence-electron chi connectivity index (χ4n) is 2.64. The third-order valence-corrected chi connectivity index (χ3v) is 3.74. The van der Waals surface area contributed by atoms with Crippen LogP contribution in [-0.4, -0.2) is 23.5 Å². The minimum absolute atomic E-state index is 0.204. The maximum absolute atomic E-state index is 13.6. The van der Waals surface area contributed by atoms with Crippen molar-refractivity contribution >= 4 is 0 Å². The molecular weight excluding hydrogens is 239 g/mol. The van der Waals surface area contributed by atoms with E-state index >= 15 is 0 Å².